The molecule has 0 aliphatic rings. The van der Waals surface area contributed by atoms with Crippen LogP contribution in [0.2, 0.25) is 5.02 Å². The zero-order valence-corrected chi connectivity index (χ0v) is 12.2. The molecule has 1 aromatic carbocycles. The van der Waals surface area contributed by atoms with Crippen molar-refractivity contribution in [1.29, 1.82) is 0 Å². The fraction of sp³-hybridized carbons (Fsp3) is 0.500. The van der Waals surface area contributed by atoms with Gasteiger partial charge < -0.3 is 10.2 Å². The van der Waals surface area contributed by atoms with Gasteiger partial charge in [0.2, 0.25) is 0 Å². The molecule has 19 heavy (non-hydrogen) atoms. The maximum absolute atomic E-state index is 10.8. The molecule has 0 aliphatic heterocycles. The molecule has 4 nitrogen and oxygen atoms in total. The lowest BCUT2D eigenvalue weighted by molar-refractivity contribution is -0.140. The van der Waals surface area contributed by atoms with E-state index >= 15 is 0 Å². The summed E-state index contributed by atoms with van der Waals surface area (Å²) >= 11 is 6.23. The molecule has 0 unspecified atom stereocenters. The van der Waals surface area contributed by atoms with Gasteiger partial charge in [-0.1, -0.05) is 44.5 Å². The predicted molar refractivity (Wildman–Crippen MR) is 75.5 cm³/mol. The van der Waals surface area contributed by atoms with E-state index in [4.69, 9.17) is 21.8 Å². The molecule has 3 N–H and O–H groups in total. The van der Waals surface area contributed by atoms with Gasteiger partial charge in [0.15, 0.2) is 0 Å². The van der Waals surface area contributed by atoms with Crippen LogP contribution in [0.1, 0.15) is 31.9 Å². The number of hydrogen-bond acceptors (Lipinski definition) is 3. The van der Waals surface area contributed by atoms with Crippen molar-refractivity contribution in [2.24, 2.45) is 0 Å². The van der Waals surface area contributed by atoms with Crippen molar-refractivity contribution in [3.8, 4) is 0 Å². The Morgan fingerprint density at radius 1 is 1.42 bits per heavy atom. The van der Waals surface area contributed by atoms with Crippen molar-refractivity contribution in [3.63, 3.8) is 0 Å². The molecular weight excluding hydrogens is 266 g/mol. The SMILES string of the molecule is CC(C)(C)c1ccc(CN[C@H](CO)C(=O)O)cc1Cl. The third kappa shape index (κ3) is 4.49. The lowest BCUT2D eigenvalue weighted by Gasteiger charge is -2.21. The van der Waals surface area contributed by atoms with E-state index in [1.807, 2.05) is 18.2 Å². The van der Waals surface area contributed by atoms with E-state index in [9.17, 15) is 4.79 Å². The van der Waals surface area contributed by atoms with Crippen LogP contribution >= 0.6 is 11.6 Å². The second-order valence-corrected chi connectivity index (χ2v) is 5.93. The van der Waals surface area contributed by atoms with E-state index in [-0.39, 0.29) is 5.41 Å². The molecule has 0 heterocycles. The summed E-state index contributed by atoms with van der Waals surface area (Å²) in [5.41, 5.74) is 1.91. The number of halogens is 1. The monoisotopic (exact) mass is 285 g/mol. The zero-order valence-electron chi connectivity index (χ0n) is 11.4. The van der Waals surface area contributed by atoms with Crippen LogP contribution < -0.4 is 5.32 Å². The van der Waals surface area contributed by atoms with Crippen molar-refractivity contribution in [3.05, 3.63) is 34.3 Å². The number of carboxylic acid groups (broad SMARTS) is 1. The zero-order chi connectivity index (χ0) is 14.6. The Labute approximate surface area is 118 Å². The first-order chi connectivity index (χ1) is 8.75. The number of hydrogen-bond donors (Lipinski definition) is 3. The van der Waals surface area contributed by atoms with Gasteiger partial charge in [-0.3, -0.25) is 10.1 Å². The van der Waals surface area contributed by atoms with Crippen molar-refractivity contribution in [2.45, 2.75) is 38.8 Å². The van der Waals surface area contributed by atoms with E-state index in [2.05, 4.69) is 26.1 Å². The summed E-state index contributed by atoms with van der Waals surface area (Å²) in [4.78, 5) is 10.8. The van der Waals surface area contributed by atoms with Gasteiger partial charge in [0.1, 0.15) is 6.04 Å². The largest absolute Gasteiger partial charge is 0.480 e. The lowest BCUT2D eigenvalue weighted by atomic mass is 9.86. The average molecular weight is 286 g/mol. The van der Waals surface area contributed by atoms with E-state index in [1.54, 1.807) is 0 Å². The maximum atomic E-state index is 10.8. The summed E-state index contributed by atoms with van der Waals surface area (Å²) in [6.45, 7) is 6.15. The number of carboxylic acids is 1. The standard InChI is InChI=1S/C14H20ClNO3/c1-14(2,3)10-5-4-9(6-11(10)15)7-16-12(8-17)13(18)19/h4-6,12,16-17H,7-8H2,1-3H3,(H,18,19)/t12-/m1/s1. The summed E-state index contributed by atoms with van der Waals surface area (Å²) in [5, 5.41) is 21.2. The van der Waals surface area contributed by atoms with Gasteiger partial charge in [-0.15, -0.1) is 0 Å². The first kappa shape index (κ1) is 16.0. The van der Waals surface area contributed by atoms with Crippen molar-refractivity contribution >= 4 is 17.6 Å². The van der Waals surface area contributed by atoms with E-state index < -0.39 is 18.6 Å². The predicted octanol–water partition coefficient (Wildman–Crippen LogP) is 2.17. The lowest BCUT2D eigenvalue weighted by Crippen LogP contribution is -2.39. The molecule has 0 radical (unpaired) electrons. The van der Waals surface area contributed by atoms with Gasteiger partial charge in [0.05, 0.1) is 6.61 Å². The first-order valence-corrected chi connectivity index (χ1v) is 6.49. The fourth-order valence-electron chi connectivity index (χ4n) is 1.75. The number of nitrogens with one attached hydrogen (secondary N) is 1. The topological polar surface area (TPSA) is 69.6 Å². The highest BCUT2D eigenvalue weighted by Gasteiger charge is 2.18. The molecule has 0 saturated heterocycles. The Hall–Kier alpha value is -1.10. The molecule has 106 valence electrons. The second-order valence-electron chi connectivity index (χ2n) is 5.52. The Balaban J connectivity index is 2.77. The van der Waals surface area contributed by atoms with Gasteiger partial charge >= 0.3 is 5.97 Å². The molecular formula is C14H20ClNO3. The highest BCUT2D eigenvalue weighted by atomic mass is 35.5. The van der Waals surface area contributed by atoms with Crippen LogP contribution in [0, 0.1) is 0 Å². The molecule has 0 amide bonds. The minimum absolute atomic E-state index is 0.0300. The highest BCUT2D eigenvalue weighted by molar-refractivity contribution is 6.31. The van der Waals surface area contributed by atoms with Crippen LogP contribution in [-0.2, 0) is 16.8 Å². The van der Waals surface area contributed by atoms with E-state index in [0.29, 0.717) is 11.6 Å². The van der Waals surface area contributed by atoms with Crippen molar-refractivity contribution in [1.82, 2.24) is 5.32 Å². The first-order valence-electron chi connectivity index (χ1n) is 6.11. The van der Waals surface area contributed by atoms with Crippen molar-refractivity contribution < 1.29 is 15.0 Å². The Morgan fingerprint density at radius 3 is 2.47 bits per heavy atom. The third-order valence-electron chi connectivity index (χ3n) is 2.87. The summed E-state index contributed by atoms with van der Waals surface area (Å²) in [6.07, 6.45) is 0. The molecule has 5 heteroatoms. The van der Waals surface area contributed by atoms with Gasteiger partial charge in [-0.05, 0) is 22.6 Å². The summed E-state index contributed by atoms with van der Waals surface area (Å²) in [6, 6.07) is 4.73. The van der Waals surface area contributed by atoms with Crippen LogP contribution in [-0.4, -0.2) is 28.8 Å². The number of aliphatic hydroxyl groups is 1. The Bertz CT molecular complexity index is 454. The molecule has 0 spiro atoms. The summed E-state index contributed by atoms with van der Waals surface area (Å²) in [5.74, 6) is -1.07. The van der Waals surface area contributed by atoms with Gasteiger partial charge in [-0.2, -0.15) is 0 Å². The van der Waals surface area contributed by atoms with Crippen LogP contribution in [0.3, 0.4) is 0 Å². The molecule has 0 bridgehead atoms. The van der Waals surface area contributed by atoms with Gasteiger partial charge in [0.25, 0.3) is 0 Å². The molecule has 0 aliphatic carbocycles. The molecule has 1 aromatic rings. The minimum Gasteiger partial charge on any atom is -0.480 e. The number of aliphatic carboxylic acids is 1. The maximum Gasteiger partial charge on any atom is 0.323 e. The van der Waals surface area contributed by atoms with E-state index in [1.165, 1.54) is 0 Å². The highest BCUT2D eigenvalue weighted by Crippen LogP contribution is 2.29. The fourth-order valence-corrected chi connectivity index (χ4v) is 2.23. The second kappa shape index (κ2) is 6.37. The quantitative estimate of drug-likeness (QED) is 0.775. The average Bonchev–Trinajstić information content (AvgIpc) is 2.27. The number of carbonyl (C=O) groups is 1. The molecule has 0 aromatic heterocycles. The third-order valence-corrected chi connectivity index (χ3v) is 3.19. The molecule has 1 rings (SSSR count). The summed E-state index contributed by atoms with van der Waals surface area (Å²) < 4.78 is 0. The van der Waals surface area contributed by atoms with Crippen LogP contribution in [0.15, 0.2) is 18.2 Å². The Kier molecular flexibility index (Phi) is 5.35. The van der Waals surface area contributed by atoms with Crippen LogP contribution in [0.5, 0.6) is 0 Å². The molecule has 0 saturated carbocycles. The van der Waals surface area contributed by atoms with Gasteiger partial charge in [-0.25, -0.2) is 0 Å². The van der Waals surface area contributed by atoms with Crippen LogP contribution in [0.25, 0.3) is 0 Å². The minimum atomic E-state index is -1.07. The normalized spacial score (nSPS) is 13.3. The Morgan fingerprint density at radius 2 is 2.05 bits per heavy atom. The molecule has 1 atom stereocenters. The number of aliphatic hydroxyl groups excluding tert-OH is 1. The van der Waals surface area contributed by atoms with E-state index in [0.717, 1.165) is 11.1 Å². The smallest absolute Gasteiger partial charge is 0.323 e. The van der Waals surface area contributed by atoms with Crippen LogP contribution in [0.4, 0.5) is 0 Å². The number of rotatable bonds is 5. The van der Waals surface area contributed by atoms with Gasteiger partial charge in [0, 0.05) is 11.6 Å². The number of benzene rings is 1. The summed E-state index contributed by atoms with van der Waals surface area (Å²) in [7, 11) is 0. The van der Waals surface area contributed by atoms with Crippen molar-refractivity contribution in [2.75, 3.05) is 6.61 Å². The molecule has 0 fully saturated rings.